The summed E-state index contributed by atoms with van der Waals surface area (Å²) in [5.74, 6) is -4.96. The maximum Gasteiger partial charge on any atom is 0.471 e. The third-order valence-corrected chi connectivity index (χ3v) is 3.86. The van der Waals surface area contributed by atoms with Crippen molar-refractivity contribution in [3.63, 3.8) is 0 Å². The molecule has 26 heavy (non-hydrogen) atoms. The van der Waals surface area contributed by atoms with Crippen molar-refractivity contribution in [1.82, 2.24) is 10.2 Å². The van der Waals surface area contributed by atoms with Gasteiger partial charge in [-0.25, -0.2) is 9.59 Å². The van der Waals surface area contributed by atoms with Crippen LogP contribution in [-0.4, -0.2) is 58.4 Å². The summed E-state index contributed by atoms with van der Waals surface area (Å²) in [4.78, 5) is 36.5. The molecule has 1 saturated heterocycles. The van der Waals surface area contributed by atoms with Gasteiger partial charge in [-0.3, -0.25) is 4.79 Å². The van der Waals surface area contributed by atoms with Crippen molar-refractivity contribution in [1.29, 1.82) is 0 Å². The maximum absolute atomic E-state index is 12.7. The number of halogens is 3. The average Bonchev–Trinajstić information content (AvgIpc) is 2.82. The number of hydrogen-bond donors (Lipinski definition) is 2. The number of ether oxygens (including phenoxy) is 1. The number of allylic oxidation sites excluding steroid dienone is 2. The fourth-order valence-corrected chi connectivity index (χ4v) is 2.67. The minimum absolute atomic E-state index is 0.0697. The number of carbonyl (C=O) groups is 3. The molecule has 10 heteroatoms. The molecule has 0 radical (unpaired) electrons. The zero-order valence-corrected chi connectivity index (χ0v) is 15.0. The maximum atomic E-state index is 12.7. The molecule has 7 nitrogen and oxygen atoms in total. The Morgan fingerprint density at radius 2 is 1.88 bits per heavy atom. The Balaban J connectivity index is 3.19. The van der Waals surface area contributed by atoms with E-state index in [0.717, 1.165) is 4.90 Å². The molecule has 2 N–H and O–H groups in total. The average molecular weight is 380 g/mol. The Kier molecular flexibility index (Phi) is 6.32. The summed E-state index contributed by atoms with van der Waals surface area (Å²) in [7, 11) is 0. The lowest BCUT2D eigenvalue weighted by molar-refractivity contribution is -0.178. The van der Waals surface area contributed by atoms with Crippen LogP contribution in [0.3, 0.4) is 0 Å². The van der Waals surface area contributed by atoms with Gasteiger partial charge in [0.15, 0.2) is 5.54 Å². The molecule has 0 spiro atoms. The highest BCUT2D eigenvalue weighted by atomic mass is 19.4. The molecule has 0 aromatic heterocycles. The van der Waals surface area contributed by atoms with Gasteiger partial charge < -0.3 is 20.1 Å². The summed E-state index contributed by atoms with van der Waals surface area (Å²) in [5.41, 5.74) is -3.12. The number of nitrogens with one attached hydrogen (secondary N) is 1. The van der Waals surface area contributed by atoms with Gasteiger partial charge in [-0.1, -0.05) is 12.2 Å². The number of carbonyl (C=O) groups excluding carboxylic acids is 2. The second-order valence-electron chi connectivity index (χ2n) is 7.09. The highest BCUT2D eigenvalue weighted by molar-refractivity contribution is 5.91. The predicted molar refractivity (Wildman–Crippen MR) is 85.3 cm³/mol. The quantitative estimate of drug-likeness (QED) is 0.730. The van der Waals surface area contributed by atoms with E-state index in [1.165, 1.54) is 0 Å². The first-order valence-corrected chi connectivity index (χ1v) is 7.94. The van der Waals surface area contributed by atoms with Crippen molar-refractivity contribution in [2.45, 2.75) is 51.4 Å². The molecule has 0 saturated carbocycles. The SMILES string of the molecule is CC=CC[C@H]1CN(C(=O)OC(C)(C)C)C[C@@]1(NC(=O)C(F)(F)F)C(=O)O. The van der Waals surface area contributed by atoms with Crippen molar-refractivity contribution in [3.05, 3.63) is 12.2 Å². The Labute approximate surface area is 149 Å². The highest BCUT2D eigenvalue weighted by Crippen LogP contribution is 2.33. The number of aliphatic carboxylic acids is 1. The number of rotatable bonds is 4. The fraction of sp³-hybridized carbons (Fsp3) is 0.688. The predicted octanol–water partition coefficient (Wildman–Crippen LogP) is 2.32. The van der Waals surface area contributed by atoms with Crippen molar-refractivity contribution in [2.24, 2.45) is 5.92 Å². The van der Waals surface area contributed by atoms with Crippen LogP contribution in [0.1, 0.15) is 34.1 Å². The Bertz CT molecular complexity index is 598. The third-order valence-electron chi connectivity index (χ3n) is 3.86. The molecular weight excluding hydrogens is 357 g/mol. The largest absolute Gasteiger partial charge is 0.479 e. The van der Waals surface area contributed by atoms with Crippen molar-refractivity contribution >= 4 is 18.0 Å². The lowest BCUT2D eigenvalue weighted by Crippen LogP contribution is -2.62. The molecule has 148 valence electrons. The van der Waals surface area contributed by atoms with Crippen LogP contribution in [0.5, 0.6) is 0 Å². The first-order valence-electron chi connectivity index (χ1n) is 7.94. The van der Waals surface area contributed by atoms with Gasteiger partial charge in [0.05, 0.1) is 6.54 Å². The first kappa shape index (κ1) is 21.8. The van der Waals surface area contributed by atoms with E-state index in [0.29, 0.717) is 0 Å². The second kappa shape index (κ2) is 7.55. The monoisotopic (exact) mass is 380 g/mol. The molecular formula is C16H23F3N2O5. The fourth-order valence-electron chi connectivity index (χ4n) is 2.67. The summed E-state index contributed by atoms with van der Waals surface area (Å²) >= 11 is 0. The van der Waals surface area contributed by atoms with Crippen LogP contribution in [0.15, 0.2) is 12.2 Å². The van der Waals surface area contributed by atoms with Crippen LogP contribution < -0.4 is 5.32 Å². The normalized spacial score (nSPS) is 24.0. The molecule has 2 amide bonds. The molecule has 1 heterocycles. The Morgan fingerprint density at radius 1 is 1.31 bits per heavy atom. The molecule has 0 bridgehead atoms. The summed E-state index contributed by atoms with van der Waals surface area (Å²) in [6.45, 7) is 5.69. The van der Waals surface area contributed by atoms with E-state index in [1.54, 1.807) is 45.2 Å². The molecule has 0 aromatic carbocycles. The van der Waals surface area contributed by atoms with Gasteiger partial charge in [-0.2, -0.15) is 13.2 Å². The van der Waals surface area contributed by atoms with Crippen LogP contribution in [0.4, 0.5) is 18.0 Å². The number of alkyl halides is 3. The van der Waals surface area contributed by atoms with Crippen LogP contribution in [0.2, 0.25) is 0 Å². The Hall–Kier alpha value is -2.26. The molecule has 1 fully saturated rings. The van der Waals surface area contributed by atoms with E-state index >= 15 is 0 Å². The number of amides is 2. The molecule has 0 aromatic rings. The first-order chi connectivity index (χ1) is 11.7. The molecule has 2 atom stereocenters. The lowest BCUT2D eigenvalue weighted by Gasteiger charge is -2.31. The minimum atomic E-state index is -5.24. The van der Waals surface area contributed by atoms with E-state index in [-0.39, 0.29) is 13.0 Å². The number of nitrogens with zero attached hydrogens (tertiary/aromatic N) is 1. The molecule has 1 aliphatic rings. The van der Waals surface area contributed by atoms with Gasteiger partial charge in [0.1, 0.15) is 5.60 Å². The van der Waals surface area contributed by atoms with E-state index in [9.17, 15) is 32.7 Å². The molecule has 0 aliphatic carbocycles. The minimum Gasteiger partial charge on any atom is -0.479 e. The summed E-state index contributed by atoms with van der Waals surface area (Å²) < 4.78 is 43.2. The van der Waals surface area contributed by atoms with Crippen LogP contribution in [0, 0.1) is 5.92 Å². The summed E-state index contributed by atoms with van der Waals surface area (Å²) in [6, 6.07) is 0. The van der Waals surface area contributed by atoms with Crippen LogP contribution in [-0.2, 0) is 14.3 Å². The number of hydrogen-bond acceptors (Lipinski definition) is 4. The number of carboxylic acids is 1. The highest BCUT2D eigenvalue weighted by Gasteiger charge is 2.57. The lowest BCUT2D eigenvalue weighted by atomic mass is 9.84. The van der Waals surface area contributed by atoms with Gasteiger partial charge in [0, 0.05) is 12.5 Å². The summed E-state index contributed by atoms with van der Waals surface area (Å²) in [6.07, 6.45) is -2.85. The third kappa shape index (κ3) is 5.12. The van der Waals surface area contributed by atoms with Gasteiger partial charge in [0.2, 0.25) is 0 Å². The van der Waals surface area contributed by atoms with Crippen molar-refractivity contribution in [2.75, 3.05) is 13.1 Å². The number of likely N-dealkylation sites (tertiary alicyclic amines) is 1. The van der Waals surface area contributed by atoms with Crippen molar-refractivity contribution in [3.8, 4) is 0 Å². The second-order valence-corrected chi connectivity index (χ2v) is 7.09. The van der Waals surface area contributed by atoms with Gasteiger partial charge in [0.25, 0.3) is 0 Å². The topological polar surface area (TPSA) is 95.9 Å². The van der Waals surface area contributed by atoms with E-state index in [2.05, 4.69) is 0 Å². The standard InChI is InChI=1S/C16H23F3N2O5/c1-5-6-7-10-8-21(13(25)26-14(2,3)4)9-15(10,12(23)24)20-11(22)16(17,18)19/h5-6,10H,7-9H2,1-4H3,(H,20,22)(H,23,24)/t10-,15-/m0/s1. The van der Waals surface area contributed by atoms with E-state index in [4.69, 9.17) is 4.74 Å². The number of carboxylic acid groups (broad SMARTS) is 1. The summed E-state index contributed by atoms with van der Waals surface area (Å²) in [5, 5.41) is 11.2. The van der Waals surface area contributed by atoms with Crippen molar-refractivity contribution < 1.29 is 37.4 Å². The van der Waals surface area contributed by atoms with E-state index < -0.39 is 47.7 Å². The van der Waals surface area contributed by atoms with E-state index in [1.807, 2.05) is 0 Å². The Morgan fingerprint density at radius 3 is 2.31 bits per heavy atom. The van der Waals surface area contributed by atoms with Crippen LogP contribution >= 0.6 is 0 Å². The zero-order chi connectivity index (χ0) is 20.3. The van der Waals surface area contributed by atoms with Gasteiger partial charge in [-0.05, 0) is 34.1 Å². The molecule has 1 aliphatic heterocycles. The van der Waals surface area contributed by atoms with Crippen LogP contribution in [0.25, 0.3) is 0 Å². The molecule has 0 unspecified atom stereocenters. The smallest absolute Gasteiger partial charge is 0.471 e. The zero-order valence-electron chi connectivity index (χ0n) is 15.0. The van der Waals surface area contributed by atoms with Gasteiger partial charge >= 0.3 is 24.1 Å². The van der Waals surface area contributed by atoms with Gasteiger partial charge in [-0.15, -0.1) is 0 Å². The molecule has 1 rings (SSSR count).